The number of hydrogen-bond donors (Lipinski definition) is 0. The second-order valence-corrected chi connectivity index (χ2v) is 14.7. The van der Waals surface area contributed by atoms with Crippen molar-refractivity contribution >= 4 is 7.14 Å². The molecule has 2 heterocycles. The number of aryl methyl sites for hydroxylation is 1. The number of benzene rings is 1. The van der Waals surface area contributed by atoms with Crippen LogP contribution in [0.2, 0.25) is 0 Å². The van der Waals surface area contributed by atoms with Crippen LogP contribution in [-0.4, -0.2) is 29.5 Å². The Morgan fingerprint density at radius 3 is 2.40 bits per heavy atom. The third-order valence-electron chi connectivity index (χ3n) is 6.59. The van der Waals surface area contributed by atoms with Gasteiger partial charge >= 0.3 is 0 Å². The Balaban J connectivity index is 1.90. The second kappa shape index (κ2) is 10.6. The predicted octanol–water partition coefficient (Wildman–Crippen LogP) is 8.05. The molecule has 0 fully saturated rings. The fourth-order valence-electron chi connectivity index (χ4n) is 4.25. The molecule has 1 aromatic carbocycles. The van der Waals surface area contributed by atoms with Gasteiger partial charge < -0.3 is 9.30 Å². The third-order valence-corrected chi connectivity index (χ3v) is 8.02. The molecule has 6 heteroatoms. The van der Waals surface area contributed by atoms with Gasteiger partial charge in [-0.2, -0.15) is 0 Å². The van der Waals surface area contributed by atoms with Crippen LogP contribution in [0.1, 0.15) is 68.8 Å². The molecule has 3 aromatic rings. The topological polar surface area (TPSA) is 52.1 Å². The number of aromatic nitrogens is 2. The van der Waals surface area contributed by atoms with Gasteiger partial charge in [-0.25, -0.2) is 9.37 Å². The molecule has 0 aliphatic rings. The standard InChI is InChI=1S/C29H38FN2O2P/c1-19(18-35(7,8)33)23-11-12-31-28(15-23)34-17-22-9-10-24(25(14-22)21(3)29(4,5)6)26-13-20(2)32-16-27(26)30/h9-16,19,21H,17-18H2,1-8H3/t19-,21+/m0/s1. The fourth-order valence-corrected chi connectivity index (χ4v) is 5.78. The third kappa shape index (κ3) is 7.24. The first-order chi connectivity index (χ1) is 16.2. The summed E-state index contributed by atoms with van der Waals surface area (Å²) in [6.45, 7) is 16.7. The molecule has 0 radical (unpaired) electrons. The number of nitrogens with zero attached hydrogens (tertiary/aromatic N) is 2. The average molecular weight is 497 g/mol. The molecule has 0 saturated carbocycles. The molecule has 2 atom stereocenters. The highest BCUT2D eigenvalue weighted by Gasteiger charge is 2.26. The van der Waals surface area contributed by atoms with Gasteiger partial charge in [0.2, 0.25) is 5.88 Å². The van der Waals surface area contributed by atoms with Crippen LogP contribution in [0.3, 0.4) is 0 Å². The van der Waals surface area contributed by atoms with Crippen LogP contribution in [-0.2, 0) is 11.2 Å². The van der Waals surface area contributed by atoms with Crippen molar-refractivity contribution in [1.82, 2.24) is 9.97 Å². The minimum Gasteiger partial charge on any atom is -0.473 e. The van der Waals surface area contributed by atoms with Gasteiger partial charge in [-0.05, 0) is 71.9 Å². The summed E-state index contributed by atoms with van der Waals surface area (Å²) in [7, 11) is -2.12. The summed E-state index contributed by atoms with van der Waals surface area (Å²) < 4.78 is 33.1. The number of ether oxygens (including phenoxy) is 1. The molecule has 0 bridgehead atoms. The molecule has 3 rings (SSSR count). The molecular weight excluding hydrogens is 458 g/mol. The second-order valence-electron chi connectivity index (χ2n) is 11.2. The molecule has 0 aliphatic heterocycles. The zero-order chi connectivity index (χ0) is 26.0. The molecule has 0 spiro atoms. The quantitative estimate of drug-likeness (QED) is 0.296. The molecule has 0 aliphatic carbocycles. The van der Waals surface area contributed by atoms with Crippen LogP contribution < -0.4 is 4.74 Å². The normalized spacial score (nSPS) is 14.0. The van der Waals surface area contributed by atoms with Crippen LogP contribution in [0.5, 0.6) is 5.88 Å². The largest absolute Gasteiger partial charge is 0.473 e. The molecule has 188 valence electrons. The molecule has 0 N–H and O–H groups in total. The van der Waals surface area contributed by atoms with E-state index in [9.17, 15) is 8.96 Å². The fraction of sp³-hybridized carbons (Fsp3) is 0.448. The van der Waals surface area contributed by atoms with Crippen molar-refractivity contribution in [3.8, 4) is 17.0 Å². The highest BCUT2D eigenvalue weighted by molar-refractivity contribution is 7.62. The van der Waals surface area contributed by atoms with Gasteiger partial charge in [0.15, 0.2) is 0 Å². The minimum atomic E-state index is -2.12. The highest BCUT2D eigenvalue weighted by Crippen LogP contribution is 2.42. The Morgan fingerprint density at radius 2 is 1.74 bits per heavy atom. The molecule has 4 nitrogen and oxygen atoms in total. The maximum Gasteiger partial charge on any atom is 0.213 e. The van der Waals surface area contributed by atoms with Crippen molar-refractivity contribution in [3.63, 3.8) is 0 Å². The van der Waals surface area contributed by atoms with Gasteiger partial charge in [-0.15, -0.1) is 0 Å². The first-order valence-electron chi connectivity index (χ1n) is 12.1. The summed E-state index contributed by atoms with van der Waals surface area (Å²) in [4.78, 5) is 8.46. The summed E-state index contributed by atoms with van der Waals surface area (Å²) in [5.74, 6) is 0.576. The van der Waals surface area contributed by atoms with E-state index in [2.05, 4.69) is 50.7 Å². The van der Waals surface area contributed by atoms with Crippen molar-refractivity contribution in [1.29, 1.82) is 0 Å². The van der Waals surface area contributed by atoms with E-state index in [0.29, 0.717) is 24.2 Å². The van der Waals surface area contributed by atoms with E-state index < -0.39 is 7.14 Å². The molecule has 0 amide bonds. The van der Waals surface area contributed by atoms with E-state index in [1.54, 1.807) is 6.20 Å². The van der Waals surface area contributed by atoms with Crippen LogP contribution in [0.25, 0.3) is 11.1 Å². The van der Waals surface area contributed by atoms with Crippen molar-refractivity contribution in [2.75, 3.05) is 19.5 Å². The van der Waals surface area contributed by atoms with Crippen LogP contribution in [0.4, 0.5) is 4.39 Å². The first kappa shape index (κ1) is 27.1. The average Bonchev–Trinajstić information content (AvgIpc) is 2.77. The summed E-state index contributed by atoms with van der Waals surface area (Å²) in [5, 5.41) is 0. The van der Waals surface area contributed by atoms with Crippen molar-refractivity contribution in [2.45, 2.75) is 60.0 Å². The summed E-state index contributed by atoms with van der Waals surface area (Å²) >= 11 is 0. The maximum absolute atomic E-state index is 14.8. The van der Waals surface area contributed by atoms with E-state index in [0.717, 1.165) is 27.9 Å². The van der Waals surface area contributed by atoms with Gasteiger partial charge in [0.1, 0.15) is 12.4 Å². The van der Waals surface area contributed by atoms with Crippen molar-refractivity contribution in [3.05, 3.63) is 77.0 Å². The molecule has 0 saturated heterocycles. The highest BCUT2D eigenvalue weighted by atomic mass is 31.2. The van der Waals surface area contributed by atoms with Gasteiger partial charge in [0.05, 0.1) is 13.3 Å². The lowest BCUT2D eigenvalue weighted by atomic mass is 9.75. The first-order valence-corrected chi connectivity index (χ1v) is 14.9. The summed E-state index contributed by atoms with van der Waals surface area (Å²) in [6.07, 6.45) is 3.68. The number of pyridine rings is 2. The van der Waals surface area contributed by atoms with Gasteiger partial charge in [-0.1, -0.05) is 52.8 Å². The number of halogens is 1. The Morgan fingerprint density at radius 1 is 1.03 bits per heavy atom. The van der Waals surface area contributed by atoms with Crippen LogP contribution in [0, 0.1) is 18.2 Å². The van der Waals surface area contributed by atoms with E-state index in [-0.39, 0.29) is 23.1 Å². The number of rotatable bonds is 8. The van der Waals surface area contributed by atoms with E-state index in [1.807, 2.05) is 50.6 Å². The van der Waals surface area contributed by atoms with Gasteiger partial charge in [0, 0.05) is 29.7 Å². The smallest absolute Gasteiger partial charge is 0.213 e. The maximum atomic E-state index is 14.8. The Kier molecular flexibility index (Phi) is 8.21. The van der Waals surface area contributed by atoms with Crippen LogP contribution >= 0.6 is 7.14 Å². The SMILES string of the molecule is Cc1cc(-c2ccc(COc3cc([C@@H](C)CP(C)(C)=O)ccn3)cc2[C@@H](C)C(C)(C)C)c(F)cn1. The predicted molar refractivity (Wildman–Crippen MR) is 144 cm³/mol. The Hall–Kier alpha value is -2.52. The monoisotopic (exact) mass is 496 g/mol. The summed E-state index contributed by atoms with van der Waals surface area (Å²) in [6, 6.07) is 11.8. The Bertz CT molecular complexity index is 1230. The lowest BCUT2D eigenvalue weighted by Crippen LogP contribution is -2.17. The van der Waals surface area contributed by atoms with Crippen molar-refractivity contribution < 1.29 is 13.7 Å². The van der Waals surface area contributed by atoms with E-state index in [1.165, 1.54) is 6.20 Å². The van der Waals surface area contributed by atoms with Crippen molar-refractivity contribution in [2.24, 2.45) is 5.41 Å². The zero-order valence-electron chi connectivity index (χ0n) is 22.2. The molecular formula is C29H38FN2O2P. The zero-order valence-corrected chi connectivity index (χ0v) is 23.1. The lowest BCUT2D eigenvalue weighted by molar-refractivity contribution is 0.292. The molecule has 2 aromatic heterocycles. The van der Waals surface area contributed by atoms with E-state index in [4.69, 9.17) is 4.74 Å². The lowest BCUT2D eigenvalue weighted by Gasteiger charge is -2.30. The molecule has 35 heavy (non-hydrogen) atoms. The number of hydrogen-bond acceptors (Lipinski definition) is 4. The van der Waals surface area contributed by atoms with Gasteiger partial charge in [-0.3, -0.25) is 4.98 Å². The minimum absolute atomic E-state index is 0.00318. The Labute approximate surface area is 209 Å². The summed E-state index contributed by atoms with van der Waals surface area (Å²) in [5.41, 5.74) is 5.39. The van der Waals surface area contributed by atoms with Gasteiger partial charge in [0.25, 0.3) is 0 Å². The van der Waals surface area contributed by atoms with Crippen LogP contribution in [0.15, 0.2) is 48.8 Å². The van der Waals surface area contributed by atoms with E-state index >= 15 is 0 Å². The molecule has 0 unspecified atom stereocenters.